The summed E-state index contributed by atoms with van der Waals surface area (Å²) < 4.78 is 32.5. The molecular formula is C44H46N2O11. The van der Waals surface area contributed by atoms with Crippen molar-refractivity contribution in [1.82, 2.24) is 0 Å². The van der Waals surface area contributed by atoms with Gasteiger partial charge in [-0.1, -0.05) is 25.3 Å². The van der Waals surface area contributed by atoms with Gasteiger partial charge in [0.1, 0.15) is 23.9 Å². The molecule has 13 nitrogen and oxygen atoms in total. The van der Waals surface area contributed by atoms with Gasteiger partial charge in [0.15, 0.2) is 5.75 Å². The predicted octanol–water partition coefficient (Wildman–Crippen LogP) is 8.04. The Morgan fingerprint density at radius 3 is 1.70 bits per heavy atom. The average Bonchev–Trinajstić information content (AvgIpc) is 3.23. The highest BCUT2D eigenvalue weighted by Gasteiger charge is 2.10. The van der Waals surface area contributed by atoms with Crippen LogP contribution in [0.4, 0.5) is 0 Å². The van der Waals surface area contributed by atoms with E-state index in [4.69, 9.17) is 38.2 Å². The lowest BCUT2D eigenvalue weighted by atomic mass is 10.2. The molecule has 0 atom stereocenters. The van der Waals surface area contributed by atoms with Crippen LogP contribution in [0, 0.1) is 0 Å². The van der Waals surface area contributed by atoms with Gasteiger partial charge in [-0.25, -0.2) is 14.4 Å². The van der Waals surface area contributed by atoms with Crippen LogP contribution in [0.1, 0.15) is 59.7 Å². The third kappa shape index (κ3) is 16.3. The molecule has 0 saturated heterocycles. The maximum atomic E-state index is 12.6. The Kier molecular flexibility index (Phi) is 18.6. The normalized spacial score (nSPS) is 10.8. The molecule has 0 saturated carbocycles. The summed E-state index contributed by atoms with van der Waals surface area (Å²) in [5, 5.41) is 8.28. The fraction of sp³-hybridized carbons (Fsp3) is 0.250. The van der Waals surface area contributed by atoms with E-state index in [0.29, 0.717) is 80.9 Å². The second kappa shape index (κ2) is 24.6. The third-order valence-corrected chi connectivity index (χ3v) is 7.66. The fourth-order valence-corrected chi connectivity index (χ4v) is 4.71. The van der Waals surface area contributed by atoms with E-state index in [2.05, 4.69) is 23.4 Å². The molecule has 0 aliphatic rings. The molecule has 0 aromatic heterocycles. The Hall–Kier alpha value is -6.73. The van der Waals surface area contributed by atoms with Gasteiger partial charge in [-0.3, -0.25) is 0 Å². The van der Waals surface area contributed by atoms with Gasteiger partial charge in [-0.05, 0) is 128 Å². The average molecular weight is 779 g/mol. The minimum atomic E-state index is -0.501. The van der Waals surface area contributed by atoms with E-state index >= 15 is 0 Å². The van der Waals surface area contributed by atoms with Gasteiger partial charge in [0.2, 0.25) is 5.75 Å². The van der Waals surface area contributed by atoms with E-state index in [1.807, 2.05) is 31.2 Å². The predicted molar refractivity (Wildman–Crippen MR) is 214 cm³/mol. The van der Waals surface area contributed by atoms with Gasteiger partial charge in [0, 0.05) is 12.2 Å². The molecule has 0 aliphatic heterocycles. The van der Waals surface area contributed by atoms with Crippen molar-refractivity contribution in [3.8, 4) is 28.7 Å². The van der Waals surface area contributed by atoms with Crippen molar-refractivity contribution in [1.29, 1.82) is 0 Å². The lowest BCUT2D eigenvalue weighted by Gasteiger charge is -2.11. The lowest BCUT2D eigenvalue weighted by Crippen LogP contribution is -2.08. The van der Waals surface area contributed by atoms with Crippen molar-refractivity contribution in [2.75, 3.05) is 33.0 Å². The number of benzene rings is 4. The van der Waals surface area contributed by atoms with Crippen molar-refractivity contribution in [2.24, 2.45) is 10.2 Å². The smallest absolute Gasteiger partial charge is 0.343 e. The summed E-state index contributed by atoms with van der Waals surface area (Å²) >= 11 is 0. The molecule has 298 valence electrons. The Morgan fingerprint density at radius 2 is 1.12 bits per heavy atom. The topological polar surface area (TPSA) is 150 Å². The summed E-state index contributed by atoms with van der Waals surface area (Å²) in [5.41, 5.74) is 2.76. The molecule has 0 spiro atoms. The number of carbonyl (C=O) groups is 3. The molecule has 57 heavy (non-hydrogen) atoms. The van der Waals surface area contributed by atoms with Gasteiger partial charge in [-0.2, -0.15) is 15.1 Å². The number of ether oxygens (including phenoxy) is 6. The van der Waals surface area contributed by atoms with Gasteiger partial charge in [0.25, 0.3) is 0 Å². The molecule has 0 unspecified atom stereocenters. The summed E-state index contributed by atoms with van der Waals surface area (Å²) in [6, 6.07) is 26.3. The van der Waals surface area contributed by atoms with E-state index in [0.717, 1.165) is 41.0 Å². The van der Waals surface area contributed by atoms with Gasteiger partial charge < -0.3 is 33.3 Å². The third-order valence-electron chi connectivity index (χ3n) is 7.66. The molecule has 0 amide bonds. The van der Waals surface area contributed by atoms with E-state index in [1.165, 1.54) is 0 Å². The molecule has 0 fully saturated rings. The van der Waals surface area contributed by atoms with E-state index in [9.17, 15) is 14.4 Å². The second-order valence-electron chi connectivity index (χ2n) is 12.0. The van der Waals surface area contributed by atoms with Crippen molar-refractivity contribution in [3.63, 3.8) is 0 Å². The molecule has 0 N–H and O–H groups in total. The van der Waals surface area contributed by atoms with Crippen LogP contribution in [0.3, 0.4) is 0 Å². The summed E-state index contributed by atoms with van der Waals surface area (Å²) in [4.78, 5) is 45.8. The fourth-order valence-electron chi connectivity index (χ4n) is 4.71. The van der Waals surface area contributed by atoms with Crippen molar-refractivity contribution >= 4 is 30.3 Å². The summed E-state index contributed by atoms with van der Waals surface area (Å²) in [6.07, 6.45) is 8.26. The minimum Gasteiger partial charge on any atom is -0.494 e. The maximum Gasteiger partial charge on any atom is 0.343 e. The number of unbranched alkanes of at least 4 members (excludes halogenated alkanes) is 2. The monoisotopic (exact) mass is 778 g/mol. The highest BCUT2D eigenvalue weighted by Crippen LogP contribution is 2.29. The Morgan fingerprint density at radius 1 is 0.596 bits per heavy atom. The van der Waals surface area contributed by atoms with Crippen LogP contribution in [-0.4, -0.2) is 63.4 Å². The first kappa shape index (κ1) is 43.0. The summed E-state index contributed by atoms with van der Waals surface area (Å²) in [6.45, 7) is 10.8. The zero-order valence-electron chi connectivity index (χ0n) is 31.8. The van der Waals surface area contributed by atoms with Crippen LogP contribution in [-0.2, 0) is 30.6 Å². The molecular weight excluding hydrogens is 732 g/mol. The molecule has 4 rings (SSSR count). The largest absolute Gasteiger partial charge is 0.494 e. The zero-order valence-corrected chi connectivity index (χ0v) is 31.8. The number of hydrogen-bond acceptors (Lipinski definition) is 13. The number of rotatable bonds is 25. The van der Waals surface area contributed by atoms with Gasteiger partial charge >= 0.3 is 17.9 Å². The second-order valence-corrected chi connectivity index (χ2v) is 12.0. The molecule has 0 radical (unpaired) electrons. The Balaban J connectivity index is 1.17. The van der Waals surface area contributed by atoms with Crippen LogP contribution in [0.5, 0.6) is 28.7 Å². The van der Waals surface area contributed by atoms with Crippen LogP contribution >= 0.6 is 0 Å². The molecule has 4 aromatic rings. The molecule has 4 aromatic carbocycles. The highest BCUT2D eigenvalue weighted by molar-refractivity contribution is 5.91. The molecule has 0 heterocycles. The van der Waals surface area contributed by atoms with Crippen molar-refractivity contribution in [2.45, 2.75) is 39.2 Å². The Bertz CT molecular complexity index is 1940. The summed E-state index contributed by atoms with van der Waals surface area (Å²) in [7, 11) is 0. The van der Waals surface area contributed by atoms with E-state index in [1.54, 1.807) is 79.2 Å². The van der Waals surface area contributed by atoms with Crippen LogP contribution in [0.25, 0.3) is 0 Å². The SMILES string of the molecule is C=CC(=O)OCCCCOc1ccc(COOc2ccc(/C=N/N=C/c3ccc(OC(=O)c4ccc(OCCCCOC(=O)C=C)cc4)cc3)cc2OCC)cc1. The number of esters is 3. The van der Waals surface area contributed by atoms with Crippen molar-refractivity contribution in [3.05, 3.63) is 139 Å². The summed E-state index contributed by atoms with van der Waals surface area (Å²) in [5.74, 6) is 1.25. The number of hydrogen-bond donors (Lipinski definition) is 0. The van der Waals surface area contributed by atoms with Gasteiger partial charge in [0.05, 0.1) is 51.0 Å². The first-order chi connectivity index (χ1) is 27.9. The lowest BCUT2D eigenvalue weighted by molar-refractivity contribution is -0.218. The number of nitrogens with zero attached hydrogens (tertiary/aromatic N) is 2. The standard InChI is InChI=1S/C44H46N2O11/c1-4-42(47)53-27-9-7-25-51-37-18-13-34(14-19-37)32-55-57-40-24-15-35(29-41(40)50-6-3)31-46-45-30-33-11-20-39(21-12-33)56-44(49)36-16-22-38(23-17-36)52-26-8-10-28-54-43(48)5-2/h4-5,11-24,29-31H,1-2,6-10,25-28,32H2,3H3/b45-30+,46-31+. The first-order valence-electron chi connectivity index (χ1n) is 18.3. The molecule has 13 heteroatoms. The molecule has 0 aliphatic carbocycles. The van der Waals surface area contributed by atoms with Crippen LogP contribution in [0.15, 0.2) is 127 Å². The molecule has 0 bridgehead atoms. The van der Waals surface area contributed by atoms with E-state index < -0.39 is 17.9 Å². The maximum absolute atomic E-state index is 12.6. The minimum absolute atomic E-state index is 0.202. The van der Waals surface area contributed by atoms with Crippen molar-refractivity contribution < 1.29 is 52.6 Å². The highest BCUT2D eigenvalue weighted by atomic mass is 17.2. The van der Waals surface area contributed by atoms with Crippen LogP contribution < -0.4 is 23.8 Å². The zero-order chi connectivity index (χ0) is 40.5. The quantitative estimate of drug-likeness (QED) is 0.0122. The van der Waals surface area contributed by atoms with E-state index in [-0.39, 0.29) is 6.61 Å². The van der Waals surface area contributed by atoms with Crippen LogP contribution in [0.2, 0.25) is 0 Å². The Labute approximate surface area is 332 Å². The number of carbonyl (C=O) groups excluding carboxylic acids is 3. The first-order valence-corrected chi connectivity index (χ1v) is 18.3. The van der Waals surface area contributed by atoms with Gasteiger partial charge in [-0.15, -0.1) is 0 Å².